The average molecular weight is 537 g/mol. The Balaban J connectivity index is 1.26. The molecule has 1 unspecified atom stereocenters. The first-order valence-corrected chi connectivity index (χ1v) is 14.4. The number of carbonyl (C=O) groups is 1. The molecule has 3 heterocycles. The van der Waals surface area contributed by atoms with Crippen molar-refractivity contribution >= 4 is 34.6 Å². The number of benzene rings is 1. The lowest BCUT2D eigenvalue weighted by Crippen LogP contribution is -2.23. The predicted molar refractivity (Wildman–Crippen MR) is 150 cm³/mol. The van der Waals surface area contributed by atoms with E-state index in [4.69, 9.17) is 24.4 Å². The maximum absolute atomic E-state index is 11.2. The Bertz CT molecular complexity index is 1200. The summed E-state index contributed by atoms with van der Waals surface area (Å²) in [6, 6.07) is 8.22. The second kappa shape index (κ2) is 13.6. The van der Waals surface area contributed by atoms with Gasteiger partial charge in [-0.25, -0.2) is 4.98 Å². The Kier molecular flexibility index (Phi) is 9.47. The molecule has 2 aromatic heterocycles. The number of nitrogens with one attached hydrogen (secondary N) is 2. The minimum Gasteiger partial charge on any atom is -0.494 e. The third-order valence-corrected chi connectivity index (χ3v) is 7.47. The van der Waals surface area contributed by atoms with E-state index in [0.717, 1.165) is 86.4 Å². The summed E-state index contributed by atoms with van der Waals surface area (Å²) >= 11 is 0. The van der Waals surface area contributed by atoms with Crippen LogP contribution in [0.2, 0.25) is 0 Å². The van der Waals surface area contributed by atoms with Gasteiger partial charge in [-0.15, -0.1) is 0 Å². The van der Waals surface area contributed by atoms with Gasteiger partial charge in [0.15, 0.2) is 17.0 Å². The lowest BCUT2D eigenvalue weighted by Gasteiger charge is -2.25. The van der Waals surface area contributed by atoms with Crippen molar-refractivity contribution in [1.82, 2.24) is 19.5 Å². The third kappa shape index (κ3) is 7.38. The molecule has 39 heavy (non-hydrogen) atoms. The van der Waals surface area contributed by atoms with Crippen molar-refractivity contribution in [3.05, 3.63) is 30.6 Å². The van der Waals surface area contributed by atoms with Gasteiger partial charge in [0, 0.05) is 24.8 Å². The first-order valence-electron chi connectivity index (χ1n) is 14.4. The van der Waals surface area contributed by atoms with Gasteiger partial charge in [-0.3, -0.25) is 9.36 Å². The van der Waals surface area contributed by atoms with Gasteiger partial charge in [0.2, 0.25) is 5.95 Å². The van der Waals surface area contributed by atoms with E-state index < -0.39 is 0 Å². The molecule has 2 aliphatic rings. The number of ether oxygens (including phenoxy) is 3. The number of rotatable bonds is 12. The molecule has 0 amide bonds. The number of methoxy groups -OCH3 is 1. The number of aromatic nitrogens is 4. The Morgan fingerprint density at radius 3 is 2.62 bits per heavy atom. The Labute approximate surface area is 229 Å². The van der Waals surface area contributed by atoms with Crippen molar-refractivity contribution in [3.8, 4) is 5.75 Å². The summed E-state index contributed by atoms with van der Waals surface area (Å²) < 4.78 is 18.6. The Hall–Kier alpha value is -3.40. The van der Waals surface area contributed by atoms with Gasteiger partial charge in [-0.2, -0.15) is 9.97 Å². The molecule has 210 valence electrons. The summed E-state index contributed by atoms with van der Waals surface area (Å²) in [6.45, 7) is 1.37. The summed E-state index contributed by atoms with van der Waals surface area (Å²) in [6.07, 6.45) is 14.1. The normalized spacial score (nSPS) is 18.1. The first kappa shape index (κ1) is 27.2. The van der Waals surface area contributed by atoms with Crippen LogP contribution in [-0.4, -0.2) is 51.9 Å². The number of nitrogens with zero attached hydrogens (tertiary/aromatic N) is 4. The van der Waals surface area contributed by atoms with E-state index in [-0.39, 0.29) is 12.2 Å². The van der Waals surface area contributed by atoms with Crippen molar-refractivity contribution in [1.29, 1.82) is 0 Å². The molecule has 1 aliphatic heterocycles. The Morgan fingerprint density at radius 2 is 1.85 bits per heavy atom. The van der Waals surface area contributed by atoms with Gasteiger partial charge in [0.25, 0.3) is 0 Å². The summed E-state index contributed by atoms with van der Waals surface area (Å²) in [5.41, 5.74) is 2.45. The van der Waals surface area contributed by atoms with Crippen molar-refractivity contribution in [3.63, 3.8) is 0 Å². The molecule has 10 nitrogen and oxygen atoms in total. The number of anilines is 3. The summed E-state index contributed by atoms with van der Waals surface area (Å²) in [7, 11) is 1.42. The Morgan fingerprint density at radius 1 is 1.03 bits per heavy atom. The molecule has 1 atom stereocenters. The van der Waals surface area contributed by atoms with Crippen LogP contribution in [0.1, 0.15) is 83.3 Å². The SMILES string of the molecule is COC(=O)CCCCCOc1ccc(Nc2nc(NC3CCCCC3)c3ncn(C4CCCCO4)c3n2)cc1. The molecule has 1 aliphatic carbocycles. The van der Waals surface area contributed by atoms with Crippen LogP contribution >= 0.6 is 0 Å². The van der Waals surface area contributed by atoms with E-state index in [2.05, 4.69) is 19.9 Å². The second-order valence-electron chi connectivity index (χ2n) is 10.4. The monoisotopic (exact) mass is 536 g/mol. The van der Waals surface area contributed by atoms with E-state index in [1.165, 1.54) is 26.4 Å². The van der Waals surface area contributed by atoms with Crippen molar-refractivity contribution in [2.75, 3.05) is 31.0 Å². The molecular weight excluding hydrogens is 496 g/mol. The summed E-state index contributed by atoms with van der Waals surface area (Å²) in [4.78, 5) is 25.6. The quantitative estimate of drug-likeness (QED) is 0.209. The van der Waals surface area contributed by atoms with Crippen LogP contribution in [-0.2, 0) is 14.3 Å². The van der Waals surface area contributed by atoms with Crippen molar-refractivity contribution in [2.45, 2.75) is 89.3 Å². The van der Waals surface area contributed by atoms with Gasteiger partial charge < -0.3 is 24.8 Å². The van der Waals surface area contributed by atoms with E-state index in [9.17, 15) is 4.79 Å². The molecular formula is C29H40N6O4. The largest absolute Gasteiger partial charge is 0.494 e. The maximum atomic E-state index is 11.2. The number of hydrogen-bond acceptors (Lipinski definition) is 9. The highest BCUT2D eigenvalue weighted by Crippen LogP contribution is 2.31. The number of fused-ring (bicyclic) bond motifs is 1. The van der Waals surface area contributed by atoms with Crippen LogP contribution in [0.25, 0.3) is 11.2 Å². The van der Waals surface area contributed by atoms with Crippen LogP contribution in [0, 0.1) is 0 Å². The fourth-order valence-electron chi connectivity index (χ4n) is 5.27. The van der Waals surface area contributed by atoms with Crippen LogP contribution in [0.3, 0.4) is 0 Å². The zero-order chi connectivity index (χ0) is 26.9. The topological polar surface area (TPSA) is 112 Å². The van der Waals surface area contributed by atoms with Gasteiger partial charge in [-0.05, 0) is 75.6 Å². The molecule has 0 radical (unpaired) electrons. The minimum absolute atomic E-state index is 0.0501. The maximum Gasteiger partial charge on any atom is 0.305 e. The van der Waals surface area contributed by atoms with Crippen LogP contribution in [0.15, 0.2) is 30.6 Å². The molecule has 3 aromatic rings. The van der Waals surface area contributed by atoms with E-state index >= 15 is 0 Å². The average Bonchev–Trinajstić information content (AvgIpc) is 3.41. The standard InChI is InChI=1S/C29H40N6O4/c1-37-25(36)13-6-3-8-18-38-23-16-14-22(15-17-23)32-29-33-27(31-21-10-4-2-5-11-21)26-28(34-29)35(20-30-26)24-12-7-9-19-39-24/h14-17,20-21,24H,2-13,18-19H2,1H3,(H2,31,32,33,34). The fourth-order valence-corrected chi connectivity index (χ4v) is 5.27. The van der Waals surface area contributed by atoms with E-state index in [0.29, 0.717) is 25.0 Å². The molecule has 1 saturated carbocycles. The van der Waals surface area contributed by atoms with Crippen LogP contribution in [0.5, 0.6) is 5.75 Å². The van der Waals surface area contributed by atoms with Crippen molar-refractivity contribution < 1.29 is 19.0 Å². The minimum atomic E-state index is -0.161. The van der Waals surface area contributed by atoms with E-state index in [1.807, 2.05) is 30.6 Å². The summed E-state index contributed by atoms with van der Waals surface area (Å²) in [5.74, 6) is 1.94. The highest BCUT2D eigenvalue weighted by Gasteiger charge is 2.23. The predicted octanol–water partition coefficient (Wildman–Crippen LogP) is 6.13. The number of carbonyl (C=O) groups excluding carboxylic acids is 1. The second-order valence-corrected chi connectivity index (χ2v) is 10.4. The van der Waals surface area contributed by atoms with Crippen LogP contribution in [0.4, 0.5) is 17.5 Å². The molecule has 1 aromatic carbocycles. The van der Waals surface area contributed by atoms with Gasteiger partial charge in [-0.1, -0.05) is 19.3 Å². The molecule has 10 heteroatoms. The highest BCUT2D eigenvalue weighted by molar-refractivity contribution is 5.85. The summed E-state index contributed by atoms with van der Waals surface area (Å²) in [5, 5.41) is 7.05. The van der Waals surface area contributed by atoms with E-state index in [1.54, 1.807) is 0 Å². The number of unbranched alkanes of at least 4 members (excludes halogenated alkanes) is 2. The van der Waals surface area contributed by atoms with Crippen LogP contribution < -0.4 is 15.4 Å². The van der Waals surface area contributed by atoms with Gasteiger partial charge >= 0.3 is 5.97 Å². The smallest absolute Gasteiger partial charge is 0.305 e. The van der Waals surface area contributed by atoms with Crippen molar-refractivity contribution in [2.24, 2.45) is 0 Å². The first-order chi connectivity index (χ1) is 19.2. The zero-order valence-corrected chi connectivity index (χ0v) is 22.9. The zero-order valence-electron chi connectivity index (χ0n) is 22.9. The van der Waals surface area contributed by atoms with Gasteiger partial charge in [0.05, 0.1) is 20.0 Å². The number of hydrogen-bond donors (Lipinski definition) is 2. The molecule has 1 saturated heterocycles. The molecule has 0 spiro atoms. The lowest BCUT2D eigenvalue weighted by molar-refractivity contribution is -0.140. The highest BCUT2D eigenvalue weighted by atomic mass is 16.5. The lowest BCUT2D eigenvalue weighted by atomic mass is 9.95. The fraction of sp³-hybridized carbons (Fsp3) is 0.586. The molecule has 2 N–H and O–H groups in total. The molecule has 0 bridgehead atoms. The third-order valence-electron chi connectivity index (χ3n) is 7.47. The number of imidazole rings is 1. The van der Waals surface area contributed by atoms with Gasteiger partial charge in [0.1, 0.15) is 12.0 Å². The number of esters is 1. The molecule has 5 rings (SSSR count). The molecule has 2 fully saturated rings.